The van der Waals surface area contributed by atoms with Crippen LogP contribution in [0.4, 0.5) is 0 Å². The second-order valence-corrected chi connectivity index (χ2v) is 4.56. The van der Waals surface area contributed by atoms with Crippen molar-refractivity contribution in [3.8, 4) is 0 Å². The van der Waals surface area contributed by atoms with Gasteiger partial charge in [0.05, 0.1) is 13.7 Å². The molecular formula is C13H15N3O3. The van der Waals surface area contributed by atoms with Crippen molar-refractivity contribution in [3.05, 3.63) is 35.6 Å². The summed E-state index contributed by atoms with van der Waals surface area (Å²) in [6, 6.07) is 0. The summed E-state index contributed by atoms with van der Waals surface area (Å²) in [7, 11) is 1.40. The van der Waals surface area contributed by atoms with Gasteiger partial charge in [-0.25, -0.2) is 9.67 Å². The minimum Gasteiger partial charge on any atom is -0.492 e. The van der Waals surface area contributed by atoms with Gasteiger partial charge in [0, 0.05) is 11.1 Å². The van der Waals surface area contributed by atoms with E-state index in [0.29, 0.717) is 11.1 Å². The summed E-state index contributed by atoms with van der Waals surface area (Å²) < 4.78 is 6.61. The number of hydrogen-bond donors (Lipinski definition) is 0. The fourth-order valence-electron chi connectivity index (χ4n) is 2.04. The van der Waals surface area contributed by atoms with Crippen LogP contribution in [0.5, 0.6) is 0 Å². The highest BCUT2D eigenvalue weighted by molar-refractivity contribution is 6.21. The molecule has 0 saturated carbocycles. The maximum atomic E-state index is 12.3. The first-order chi connectivity index (χ1) is 9.04. The molecule has 6 nitrogen and oxygen atoms in total. The van der Waals surface area contributed by atoms with Crippen LogP contribution in [0.25, 0.3) is 0 Å². The molecule has 0 saturated heterocycles. The molecule has 1 aromatic rings. The van der Waals surface area contributed by atoms with Gasteiger partial charge in [-0.1, -0.05) is 13.8 Å². The molecular weight excluding hydrogens is 246 g/mol. The molecule has 19 heavy (non-hydrogen) atoms. The number of allylic oxidation sites excluding steroid dienone is 3. The van der Waals surface area contributed by atoms with Crippen LogP contribution >= 0.6 is 0 Å². The Labute approximate surface area is 110 Å². The van der Waals surface area contributed by atoms with Crippen molar-refractivity contribution in [2.75, 3.05) is 7.11 Å². The number of ketones is 2. The highest BCUT2D eigenvalue weighted by Crippen LogP contribution is 2.25. The van der Waals surface area contributed by atoms with Crippen LogP contribution in [0, 0.1) is 5.92 Å². The number of ether oxygens (including phenoxy) is 1. The van der Waals surface area contributed by atoms with Gasteiger partial charge in [0.25, 0.3) is 0 Å². The molecule has 0 N–H and O–H groups in total. The van der Waals surface area contributed by atoms with Crippen molar-refractivity contribution in [2.24, 2.45) is 5.92 Å². The van der Waals surface area contributed by atoms with Crippen LogP contribution in [0.15, 0.2) is 35.6 Å². The van der Waals surface area contributed by atoms with Crippen LogP contribution in [-0.4, -0.2) is 33.4 Å². The van der Waals surface area contributed by atoms with Crippen molar-refractivity contribution in [1.29, 1.82) is 0 Å². The van der Waals surface area contributed by atoms with Crippen molar-refractivity contribution >= 4 is 11.6 Å². The summed E-state index contributed by atoms with van der Waals surface area (Å²) in [4.78, 5) is 28.2. The monoisotopic (exact) mass is 261 g/mol. The Morgan fingerprint density at radius 2 is 2.11 bits per heavy atom. The van der Waals surface area contributed by atoms with E-state index >= 15 is 0 Å². The number of aromatic nitrogens is 3. The Bertz CT molecular complexity index is 568. The Kier molecular flexibility index (Phi) is 3.59. The van der Waals surface area contributed by atoms with Crippen molar-refractivity contribution < 1.29 is 14.3 Å². The number of carbonyl (C=O) groups excluding carboxylic acids is 2. The van der Waals surface area contributed by atoms with Crippen LogP contribution in [-0.2, 0) is 20.9 Å². The average molecular weight is 261 g/mol. The zero-order chi connectivity index (χ0) is 14.0. The quantitative estimate of drug-likeness (QED) is 0.753. The van der Waals surface area contributed by atoms with Gasteiger partial charge >= 0.3 is 0 Å². The minimum atomic E-state index is -0.263. The smallest absolute Gasteiger partial charge is 0.225 e. The third kappa shape index (κ3) is 2.47. The number of Topliss-reactive ketones (excluding diaryl/α,β-unsaturated/α-hetero) is 1. The van der Waals surface area contributed by atoms with Gasteiger partial charge in [-0.05, 0) is 12.0 Å². The van der Waals surface area contributed by atoms with Gasteiger partial charge in [-0.15, -0.1) is 0 Å². The highest BCUT2D eigenvalue weighted by atomic mass is 16.5. The lowest BCUT2D eigenvalue weighted by Crippen LogP contribution is -2.25. The molecule has 1 aromatic heterocycles. The number of nitrogens with zero attached hydrogens (tertiary/aromatic N) is 3. The zero-order valence-electron chi connectivity index (χ0n) is 11.1. The van der Waals surface area contributed by atoms with E-state index in [4.69, 9.17) is 4.74 Å². The molecule has 1 heterocycles. The van der Waals surface area contributed by atoms with E-state index in [1.165, 1.54) is 30.5 Å². The largest absolute Gasteiger partial charge is 0.492 e. The van der Waals surface area contributed by atoms with Crippen LogP contribution in [0.1, 0.15) is 13.8 Å². The fourth-order valence-corrected chi connectivity index (χ4v) is 2.04. The van der Waals surface area contributed by atoms with Crippen molar-refractivity contribution in [3.63, 3.8) is 0 Å². The van der Waals surface area contributed by atoms with Gasteiger partial charge in [0.15, 0.2) is 11.5 Å². The average Bonchev–Trinajstić information content (AvgIpc) is 2.85. The topological polar surface area (TPSA) is 74.1 Å². The molecule has 0 aliphatic heterocycles. The van der Waals surface area contributed by atoms with Crippen molar-refractivity contribution in [1.82, 2.24) is 14.8 Å². The summed E-state index contributed by atoms with van der Waals surface area (Å²) >= 11 is 0. The molecule has 0 fully saturated rings. The zero-order valence-corrected chi connectivity index (χ0v) is 11.1. The first kappa shape index (κ1) is 13.2. The van der Waals surface area contributed by atoms with Crippen LogP contribution in [0.3, 0.4) is 0 Å². The lowest BCUT2D eigenvalue weighted by Gasteiger charge is -2.20. The molecule has 0 atom stereocenters. The Balaban J connectivity index is 2.34. The molecule has 0 aromatic carbocycles. The predicted octanol–water partition coefficient (Wildman–Crippen LogP) is 0.913. The molecule has 0 spiro atoms. The maximum Gasteiger partial charge on any atom is 0.225 e. The first-order valence-electron chi connectivity index (χ1n) is 5.94. The van der Waals surface area contributed by atoms with Crippen LogP contribution in [0.2, 0.25) is 0 Å². The molecule has 0 radical (unpaired) electrons. The molecule has 1 aliphatic carbocycles. The summed E-state index contributed by atoms with van der Waals surface area (Å²) in [6.45, 7) is 3.92. The van der Waals surface area contributed by atoms with E-state index < -0.39 is 0 Å². The maximum absolute atomic E-state index is 12.3. The van der Waals surface area contributed by atoms with Gasteiger partial charge in [-0.2, -0.15) is 5.10 Å². The Morgan fingerprint density at radius 1 is 1.37 bits per heavy atom. The van der Waals surface area contributed by atoms with Gasteiger partial charge in [0.2, 0.25) is 5.78 Å². The van der Waals surface area contributed by atoms with E-state index in [1.54, 1.807) is 0 Å². The second-order valence-electron chi connectivity index (χ2n) is 4.56. The van der Waals surface area contributed by atoms with E-state index in [-0.39, 0.29) is 29.8 Å². The molecule has 0 bridgehead atoms. The lowest BCUT2D eigenvalue weighted by molar-refractivity contribution is -0.118. The number of hydrogen-bond acceptors (Lipinski definition) is 5. The number of carbonyl (C=O) groups is 2. The minimum absolute atomic E-state index is 0.0597. The Hall–Kier alpha value is -2.24. The fraction of sp³-hybridized carbons (Fsp3) is 0.385. The van der Waals surface area contributed by atoms with E-state index in [1.807, 2.05) is 13.8 Å². The summed E-state index contributed by atoms with van der Waals surface area (Å²) in [5.74, 6) is -0.365. The third-order valence-electron chi connectivity index (χ3n) is 2.89. The van der Waals surface area contributed by atoms with Gasteiger partial charge in [-0.3, -0.25) is 9.59 Å². The normalized spacial score (nSPS) is 16.1. The first-order valence-corrected chi connectivity index (χ1v) is 5.94. The molecule has 0 amide bonds. The van der Waals surface area contributed by atoms with Gasteiger partial charge < -0.3 is 4.74 Å². The standard InChI is InChI=1S/C13H15N3O3/c1-8(2)11-10(17)4-9(12(18)13(11)19-3)5-16-7-14-6-15-16/h4,6-8H,5H2,1-3H3. The lowest BCUT2D eigenvalue weighted by atomic mass is 9.88. The molecule has 1 aliphatic rings. The number of rotatable bonds is 4. The molecule has 0 unspecified atom stereocenters. The third-order valence-corrected chi connectivity index (χ3v) is 2.89. The molecule has 2 rings (SSSR count). The van der Waals surface area contributed by atoms with Crippen molar-refractivity contribution in [2.45, 2.75) is 20.4 Å². The summed E-state index contributed by atoms with van der Waals surface area (Å²) in [5, 5.41) is 3.92. The molecule has 6 heteroatoms. The highest BCUT2D eigenvalue weighted by Gasteiger charge is 2.31. The van der Waals surface area contributed by atoms with Crippen LogP contribution < -0.4 is 0 Å². The molecule has 100 valence electrons. The Morgan fingerprint density at radius 3 is 2.63 bits per heavy atom. The second kappa shape index (κ2) is 5.17. The summed E-state index contributed by atoms with van der Waals surface area (Å²) in [6.07, 6.45) is 4.23. The van der Waals surface area contributed by atoms with E-state index in [2.05, 4.69) is 10.1 Å². The van der Waals surface area contributed by atoms with E-state index in [0.717, 1.165) is 0 Å². The predicted molar refractivity (Wildman–Crippen MR) is 67.0 cm³/mol. The number of methoxy groups -OCH3 is 1. The van der Waals surface area contributed by atoms with Gasteiger partial charge in [0.1, 0.15) is 12.7 Å². The SMILES string of the molecule is COC1=C(C(C)C)C(=O)C=C(Cn2cncn2)C1=O. The summed E-state index contributed by atoms with van der Waals surface area (Å²) in [5.41, 5.74) is 0.784. The van der Waals surface area contributed by atoms with E-state index in [9.17, 15) is 9.59 Å².